The molecule has 6 fully saturated rings. The summed E-state index contributed by atoms with van der Waals surface area (Å²) in [6.45, 7) is 6.12. The number of benzene rings is 1. The molecule has 6 heterocycles. The van der Waals surface area contributed by atoms with Crippen molar-refractivity contribution in [3.05, 3.63) is 42.7 Å². The predicted octanol–water partition coefficient (Wildman–Crippen LogP) is 2.93. The molecule has 2 unspecified atom stereocenters. The van der Waals surface area contributed by atoms with Gasteiger partial charge < -0.3 is 30.3 Å². The van der Waals surface area contributed by atoms with Gasteiger partial charge in [0.1, 0.15) is 5.75 Å². The van der Waals surface area contributed by atoms with Crippen molar-refractivity contribution in [1.82, 2.24) is 25.1 Å². The number of phenols is 1. The lowest BCUT2D eigenvalue weighted by molar-refractivity contribution is -0.171. The van der Waals surface area contributed by atoms with Crippen LogP contribution < -0.4 is 20.4 Å². The second-order valence-electron chi connectivity index (χ2n) is 14.9. The zero-order valence-electron chi connectivity index (χ0n) is 26.3. The molecule has 12 nitrogen and oxygen atoms in total. The van der Waals surface area contributed by atoms with E-state index in [2.05, 4.69) is 29.8 Å². The van der Waals surface area contributed by atoms with Crippen LogP contribution in [-0.2, 0) is 9.53 Å². The zero-order valence-corrected chi connectivity index (χ0v) is 26.3. The van der Waals surface area contributed by atoms with Crippen molar-refractivity contribution in [2.24, 2.45) is 16.7 Å². The molecule has 2 saturated carbocycles. The van der Waals surface area contributed by atoms with Gasteiger partial charge >= 0.3 is 5.97 Å². The van der Waals surface area contributed by atoms with Crippen molar-refractivity contribution in [3.8, 4) is 17.0 Å². The summed E-state index contributed by atoms with van der Waals surface area (Å²) in [5, 5.41) is 18.8. The van der Waals surface area contributed by atoms with Gasteiger partial charge in [-0.15, -0.1) is 10.2 Å². The highest BCUT2D eigenvalue weighted by molar-refractivity contribution is 5.75. The highest BCUT2D eigenvalue weighted by Gasteiger charge is 2.60. The lowest BCUT2D eigenvalue weighted by Gasteiger charge is -2.67. The topological polar surface area (TPSA) is 137 Å². The third kappa shape index (κ3) is 4.39. The van der Waals surface area contributed by atoms with Crippen molar-refractivity contribution in [2.45, 2.75) is 56.7 Å². The first-order chi connectivity index (χ1) is 22.3. The number of anilines is 4. The van der Waals surface area contributed by atoms with Crippen LogP contribution in [0.1, 0.15) is 38.5 Å². The van der Waals surface area contributed by atoms with E-state index in [0.717, 1.165) is 69.2 Å². The van der Waals surface area contributed by atoms with Gasteiger partial charge in [-0.3, -0.25) is 9.69 Å². The Bertz CT molecular complexity index is 1640. The number of ether oxygens (including phenoxy) is 1. The van der Waals surface area contributed by atoms with E-state index in [1.807, 2.05) is 30.6 Å². The molecule has 2 atom stereocenters. The number of methoxy groups -OCH3 is 1. The Hall–Kier alpha value is -4.19. The van der Waals surface area contributed by atoms with E-state index < -0.39 is 0 Å². The Morgan fingerprint density at radius 2 is 1.61 bits per heavy atom. The molecular weight excluding hydrogens is 582 g/mol. The van der Waals surface area contributed by atoms with Crippen LogP contribution in [0.25, 0.3) is 11.3 Å². The standard InChI is InChI=1S/C34H41N9O3/c1-46-31(45)21-9-33(10-21)11-24(12-33)41-17-34(18-41)19-42(20-34)25-13-36-32(37-14-25)43-22-6-7-23(43)16-40(15-22)28-8-27(38-39-30(28)35)26-4-2-3-5-29(26)44/h2-5,8,13-14,21-24,44H,6-7,9-12,15-20H2,1H3,(H2,35,39). The average Bonchev–Trinajstić information content (AvgIpc) is 3.25. The monoisotopic (exact) mass is 623 g/mol. The summed E-state index contributed by atoms with van der Waals surface area (Å²) in [5.41, 5.74) is 10.4. The number of hydrogen-bond acceptors (Lipinski definition) is 12. The summed E-state index contributed by atoms with van der Waals surface area (Å²) in [4.78, 5) is 31.3. The molecule has 12 heteroatoms. The van der Waals surface area contributed by atoms with E-state index in [4.69, 9.17) is 20.4 Å². The van der Waals surface area contributed by atoms with Crippen LogP contribution in [0.2, 0.25) is 0 Å². The maximum Gasteiger partial charge on any atom is 0.308 e. The van der Waals surface area contributed by atoms with E-state index in [-0.39, 0.29) is 29.7 Å². The average molecular weight is 624 g/mol. The smallest absolute Gasteiger partial charge is 0.308 e. The summed E-state index contributed by atoms with van der Waals surface area (Å²) in [7, 11) is 1.50. The van der Waals surface area contributed by atoms with Gasteiger partial charge in [-0.05, 0) is 62.1 Å². The molecule has 4 aliphatic heterocycles. The molecule has 46 heavy (non-hydrogen) atoms. The maximum atomic E-state index is 11.8. The third-order valence-electron chi connectivity index (χ3n) is 11.9. The van der Waals surface area contributed by atoms with Gasteiger partial charge in [0.15, 0.2) is 5.82 Å². The molecular formula is C34H41N9O3. The molecule has 2 spiro atoms. The molecule has 9 rings (SSSR count). The first-order valence-corrected chi connectivity index (χ1v) is 16.6. The fraction of sp³-hybridized carbons (Fsp3) is 0.559. The predicted molar refractivity (Wildman–Crippen MR) is 173 cm³/mol. The fourth-order valence-electron chi connectivity index (χ4n) is 9.57. The summed E-state index contributed by atoms with van der Waals surface area (Å²) < 4.78 is 4.93. The number of aromatic nitrogens is 4. The second kappa shape index (κ2) is 10.2. The summed E-state index contributed by atoms with van der Waals surface area (Å²) in [5.74, 6) is 1.49. The molecule has 2 aliphatic carbocycles. The minimum absolute atomic E-state index is 0.0242. The largest absolute Gasteiger partial charge is 0.507 e. The van der Waals surface area contributed by atoms with Gasteiger partial charge in [-0.25, -0.2) is 9.97 Å². The van der Waals surface area contributed by atoms with Crippen molar-refractivity contribution >= 4 is 29.1 Å². The van der Waals surface area contributed by atoms with Crippen LogP contribution >= 0.6 is 0 Å². The van der Waals surface area contributed by atoms with Crippen molar-refractivity contribution in [3.63, 3.8) is 0 Å². The molecule has 2 bridgehead atoms. The number of fused-ring (bicyclic) bond motifs is 2. The van der Waals surface area contributed by atoms with Gasteiger partial charge in [0.05, 0.1) is 42.5 Å². The molecule has 3 aromatic rings. The Morgan fingerprint density at radius 3 is 2.28 bits per heavy atom. The number of piperazine rings is 1. The number of carbonyl (C=O) groups is 1. The van der Waals surface area contributed by atoms with Crippen LogP contribution in [0.15, 0.2) is 42.7 Å². The number of nitrogens with zero attached hydrogens (tertiary/aromatic N) is 8. The minimum atomic E-state index is -0.0242. The van der Waals surface area contributed by atoms with E-state index in [1.54, 1.807) is 12.1 Å². The van der Waals surface area contributed by atoms with Crippen LogP contribution in [-0.4, -0.2) is 101 Å². The number of hydrogen-bond donors (Lipinski definition) is 2. The van der Waals surface area contributed by atoms with E-state index in [0.29, 0.717) is 33.9 Å². The SMILES string of the molecule is COC(=O)C1CC2(C1)CC(N1CC3(CN(c4cnc(N5C6CCC5CN(c5cc(-c7ccccc7O)nnc5N)C6)nc4)C3)C1)C2. The first-order valence-electron chi connectivity index (χ1n) is 16.6. The lowest BCUT2D eigenvalue weighted by atomic mass is 9.49. The second-order valence-corrected chi connectivity index (χ2v) is 14.9. The summed E-state index contributed by atoms with van der Waals surface area (Å²) in [6, 6.07) is 10.4. The zero-order chi connectivity index (χ0) is 31.2. The quantitative estimate of drug-likeness (QED) is 0.391. The third-order valence-corrected chi connectivity index (χ3v) is 11.9. The molecule has 2 aromatic heterocycles. The molecule has 0 radical (unpaired) electrons. The summed E-state index contributed by atoms with van der Waals surface area (Å²) in [6.07, 6.45) is 10.7. The Kier molecular flexibility index (Phi) is 6.20. The lowest BCUT2D eigenvalue weighted by Crippen LogP contribution is -2.75. The van der Waals surface area contributed by atoms with Crippen LogP contribution in [0.5, 0.6) is 5.75 Å². The first kappa shape index (κ1) is 28.1. The molecule has 3 N–H and O–H groups in total. The number of carbonyl (C=O) groups excluding carboxylic acids is 1. The van der Waals surface area contributed by atoms with Crippen molar-refractivity contribution in [2.75, 3.05) is 66.8 Å². The van der Waals surface area contributed by atoms with Crippen LogP contribution in [0, 0.1) is 16.7 Å². The number of aromatic hydroxyl groups is 1. The molecule has 0 amide bonds. The summed E-state index contributed by atoms with van der Waals surface area (Å²) >= 11 is 0. The number of nitrogen functional groups attached to an aromatic ring is 1. The van der Waals surface area contributed by atoms with E-state index in [9.17, 15) is 9.90 Å². The van der Waals surface area contributed by atoms with E-state index >= 15 is 0 Å². The Morgan fingerprint density at radius 1 is 0.913 bits per heavy atom. The normalized spacial score (nSPS) is 30.8. The van der Waals surface area contributed by atoms with Gasteiger partial charge in [0.25, 0.3) is 0 Å². The highest BCUT2D eigenvalue weighted by atomic mass is 16.5. The molecule has 6 aliphatic rings. The van der Waals surface area contributed by atoms with Crippen molar-refractivity contribution in [1.29, 1.82) is 0 Å². The molecule has 1 aromatic carbocycles. The van der Waals surface area contributed by atoms with Gasteiger partial charge in [-0.1, -0.05) is 12.1 Å². The Labute approximate surface area is 268 Å². The Balaban J connectivity index is 0.793. The minimum Gasteiger partial charge on any atom is -0.507 e. The number of rotatable bonds is 6. The fourth-order valence-corrected chi connectivity index (χ4v) is 9.57. The maximum absolute atomic E-state index is 11.8. The number of nitrogens with two attached hydrogens (primary N) is 1. The number of phenolic OH excluding ortho intramolecular Hbond substituents is 1. The van der Waals surface area contributed by atoms with Crippen molar-refractivity contribution < 1.29 is 14.6 Å². The number of esters is 1. The number of likely N-dealkylation sites (tertiary alicyclic amines) is 1. The van der Waals surface area contributed by atoms with E-state index in [1.165, 1.54) is 33.0 Å². The molecule has 240 valence electrons. The van der Waals surface area contributed by atoms with Gasteiger partial charge in [0.2, 0.25) is 5.95 Å². The molecule has 4 saturated heterocycles. The van der Waals surface area contributed by atoms with Gasteiger partial charge in [-0.2, -0.15) is 0 Å². The van der Waals surface area contributed by atoms with Gasteiger partial charge in [0, 0.05) is 68.4 Å². The van der Waals surface area contributed by atoms with Crippen LogP contribution in [0.3, 0.4) is 0 Å². The number of para-hydroxylation sites is 1. The van der Waals surface area contributed by atoms with Crippen LogP contribution in [0.4, 0.5) is 23.1 Å². The highest BCUT2D eigenvalue weighted by Crippen LogP contribution is 2.61.